The van der Waals surface area contributed by atoms with Gasteiger partial charge in [0.15, 0.2) is 0 Å². The summed E-state index contributed by atoms with van der Waals surface area (Å²) in [4.78, 5) is 1.84. The molecule has 0 saturated carbocycles. The smallest absolute Gasteiger partial charge is 0.134 e. The van der Waals surface area contributed by atoms with Crippen LogP contribution in [0.15, 0.2) is 46.2 Å². The van der Waals surface area contributed by atoms with E-state index in [1.807, 2.05) is 6.07 Å². The van der Waals surface area contributed by atoms with Gasteiger partial charge in [0.05, 0.1) is 22.8 Å². The maximum atomic E-state index is 9.53. The maximum Gasteiger partial charge on any atom is 0.134 e. The van der Waals surface area contributed by atoms with Crippen molar-refractivity contribution in [3.05, 3.63) is 47.5 Å². The molecule has 0 aliphatic rings. The highest BCUT2D eigenvalue weighted by molar-refractivity contribution is 7.99. The summed E-state index contributed by atoms with van der Waals surface area (Å²) >= 11 is 1.52. The third-order valence-electron chi connectivity index (χ3n) is 3.78. The summed E-state index contributed by atoms with van der Waals surface area (Å²) in [5.74, 6) is 1.12. The lowest BCUT2D eigenvalue weighted by Gasteiger charge is -2.19. The van der Waals surface area contributed by atoms with Crippen LogP contribution in [0, 0.1) is 17.2 Å². The van der Waals surface area contributed by atoms with Gasteiger partial charge in [0.25, 0.3) is 0 Å². The van der Waals surface area contributed by atoms with Crippen LogP contribution in [0.2, 0.25) is 0 Å². The molecule has 4 heteroatoms. The predicted octanol–water partition coefficient (Wildman–Crippen LogP) is 5.62. The van der Waals surface area contributed by atoms with Crippen molar-refractivity contribution >= 4 is 17.4 Å². The fourth-order valence-corrected chi connectivity index (χ4v) is 3.31. The summed E-state index contributed by atoms with van der Waals surface area (Å²) in [5, 5.41) is 9.53. The standard InChI is InChI=1S/C21H26N2OS/c1-14(2)13-24-19-11-10-18(23)17(12-22)20(19)25-16-8-6-15(7-9-16)21(3,4)5/h6-11,14H,13,23H2,1-5H3. The number of nitrogens with two attached hydrogens (primary N) is 1. The number of anilines is 1. The molecule has 0 saturated heterocycles. The first-order valence-corrected chi connectivity index (χ1v) is 9.27. The Morgan fingerprint density at radius 3 is 2.28 bits per heavy atom. The summed E-state index contributed by atoms with van der Waals surface area (Å²) in [6, 6.07) is 14.2. The second-order valence-corrected chi connectivity index (χ2v) is 8.63. The zero-order valence-corrected chi connectivity index (χ0v) is 16.4. The van der Waals surface area contributed by atoms with Crippen molar-refractivity contribution in [2.75, 3.05) is 12.3 Å². The van der Waals surface area contributed by atoms with Crippen LogP contribution in [0.4, 0.5) is 5.69 Å². The first-order chi connectivity index (χ1) is 11.7. The zero-order valence-electron chi connectivity index (χ0n) is 15.6. The lowest BCUT2D eigenvalue weighted by atomic mass is 9.87. The lowest BCUT2D eigenvalue weighted by Crippen LogP contribution is -2.10. The third-order valence-corrected chi connectivity index (χ3v) is 4.90. The van der Waals surface area contributed by atoms with Gasteiger partial charge in [-0.25, -0.2) is 0 Å². The highest BCUT2D eigenvalue weighted by Gasteiger charge is 2.17. The zero-order chi connectivity index (χ0) is 18.6. The van der Waals surface area contributed by atoms with Crippen molar-refractivity contribution in [3.8, 4) is 11.8 Å². The van der Waals surface area contributed by atoms with E-state index < -0.39 is 0 Å². The molecule has 0 spiro atoms. The second kappa shape index (κ2) is 7.84. The van der Waals surface area contributed by atoms with E-state index in [0.717, 1.165) is 9.79 Å². The maximum absolute atomic E-state index is 9.53. The number of hydrogen-bond acceptors (Lipinski definition) is 4. The van der Waals surface area contributed by atoms with Gasteiger partial charge in [0.1, 0.15) is 11.8 Å². The molecule has 0 heterocycles. The molecule has 0 aliphatic heterocycles. The van der Waals surface area contributed by atoms with E-state index in [0.29, 0.717) is 29.5 Å². The molecule has 2 aromatic rings. The topological polar surface area (TPSA) is 59.0 Å². The third kappa shape index (κ3) is 4.93. The molecule has 2 N–H and O–H groups in total. The van der Waals surface area contributed by atoms with Gasteiger partial charge < -0.3 is 10.5 Å². The molecule has 0 aliphatic carbocycles. The van der Waals surface area contributed by atoms with Gasteiger partial charge in [-0.15, -0.1) is 0 Å². The first-order valence-electron chi connectivity index (χ1n) is 8.46. The van der Waals surface area contributed by atoms with E-state index in [1.165, 1.54) is 17.3 Å². The van der Waals surface area contributed by atoms with Crippen LogP contribution in [0.3, 0.4) is 0 Å². The van der Waals surface area contributed by atoms with Gasteiger partial charge in [-0.2, -0.15) is 5.26 Å². The Labute approximate surface area is 155 Å². The molecular weight excluding hydrogens is 328 g/mol. The molecule has 132 valence electrons. The van der Waals surface area contributed by atoms with Crippen molar-refractivity contribution in [1.82, 2.24) is 0 Å². The number of nitrogens with zero attached hydrogens (tertiary/aromatic N) is 1. The van der Waals surface area contributed by atoms with Gasteiger partial charge in [-0.3, -0.25) is 0 Å². The molecule has 0 amide bonds. The molecule has 0 fully saturated rings. The van der Waals surface area contributed by atoms with E-state index in [9.17, 15) is 5.26 Å². The predicted molar refractivity (Wildman–Crippen MR) is 105 cm³/mol. The van der Waals surface area contributed by atoms with Gasteiger partial charge in [0.2, 0.25) is 0 Å². The second-order valence-electron chi connectivity index (χ2n) is 7.55. The van der Waals surface area contributed by atoms with Gasteiger partial charge in [-0.1, -0.05) is 58.5 Å². The normalized spacial score (nSPS) is 11.4. The largest absolute Gasteiger partial charge is 0.492 e. The Balaban J connectivity index is 2.36. The number of hydrogen-bond donors (Lipinski definition) is 1. The SMILES string of the molecule is CC(C)COc1ccc(N)c(C#N)c1Sc1ccc(C(C)(C)C)cc1. The number of benzene rings is 2. The van der Waals surface area contributed by atoms with Crippen LogP contribution in [-0.4, -0.2) is 6.61 Å². The van der Waals surface area contributed by atoms with Crippen LogP contribution in [0.1, 0.15) is 45.7 Å². The van der Waals surface area contributed by atoms with Crippen molar-refractivity contribution < 1.29 is 4.74 Å². The highest BCUT2D eigenvalue weighted by Crippen LogP contribution is 2.40. The van der Waals surface area contributed by atoms with Crippen molar-refractivity contribution in [2.24, 2.45) is 5.92 Å². The summed E-state index contributed by atoms with van der Waals surface area (Å²) in [7, 11) is 0. The Bertz CT molecular complexity index is 768. The van der Waals surface area contributed by atoms with E-state index in [4.69, 9.17) is 10.5 Å². The average molecular weight is 355 g/mol. The summed E-state index contributed by atoms with van der Waals surface area (Å²) in [5.41, 5.74) is 8.35. The van der Waals surface area contributed by atoms with Gasteiger partial charge >= 0.3 is 0 Å². The first kappa shape index (κ1) is 19.2. The van der Waals surface area contributed by atoms with E-state index in [1.54, 1.807) is 6.07 Å². The molecule has 0 radical (unpaired) electrons. The number of nitriles is 1. The summed E-state index contributed by atoms with van der Waals surface area (Å²) in [6.45, 7) is 11.4. The molecular formula is C21H26N2OS. The number of ether oxygens (including phenoxy) is 1. The van der Waals surface area contributed by atoms with Crippen molar-refractivity contribution in [1.29, 1.82) is 5.26 Å². The highest BCUT2D eigenvalue weighted by atomic mass is 32.2. The lowest BCUT2D eigenvalue weighted by molar-refractivity contribution is 0.265. The van der Waals surface area contributed by atoms with Crippen LogP contribution in [0.5, 0.6) is 5.75 Å². The monoisotopic (exact) mass is 354 g/mol. The minimum Gasteiger partial charge on any atom is -0.492 e. The average Bonchev–Trinajstić information content (AvgIpc) is 2.54. The van der Waals surface area contributed by atoms with E-state index >= 15 is 0 Å². The fourth-order valence-electron chi connectivity index (χ4n) is 2.31. The number of rotatable bonds is 5. The molecule has 0 atom stereocenters. The molecule has 0 unspecified atom stereocenters. The number of nitrogen functional groups attached to an aromatic ring is 1. The van der Waals surface area contributed by atoms with E-state index in [2.05, 4.69) is 65.0 Å². The molecule has 3 nitrogen and oxygen atoms in total. The minimum atomic E-state index is 0.115. The summed E-state index contributed by atoms with van der Waals surface area (Å²) < 4.78 is 5.92. The molecule has 2 rings (SSSR count). The molecule has 2 aromatic carbocycles. The molecule has 25 heavy (non-hydrogen) atoms. The summed E-state index contributed by atoms with van der Waals surface area (Å²) in [6.07, 6.45) is 0. The Morgan fingerprint density at radius 2 is 1.76 bits per heavy atom. The van der Waals surface area contributed by atoms with Crippen molar-refractivity contribution in [2.45, 2.75) is 49.8 Å². The van der Waals surface area contributed by atoms with Gasteiger partial charge in [-0.05, 0) is 41.2 Å². The Kier molecular flexibility index (Phi) is 6.02. The molecule has 0 bridgehead atoms. The Morgan fingerprint density at radius 1 is 1.12 bits per heavy atom. The van der Waals surface area contributed by atoms with Crippen LogP contribution in [-0.2, 0) is 5.41 Å². The fraction of sp³-hybridized carbons (Fsp3) is 0.381. The van der Waals surface area contributed by atoms with Crippen LogP contribution in [0.25, 0.3) is 0 Å². The Hall–Kier alpha value is -2.12. The quantitative estimate of drug-likeness (QED) is 0.708. The molecule has 0 aromatic heterocycles. The van der Waals surface area contributed by atoms with Crippen LogP contribution < -0.4 is 10.5 Å². The minimum absolute atomic E-state index is 0.115. The van der Waals surface area contributed by atoms with Crippen LogP contribution >= 0.6 is 11.8 Å². The van der Waals surface area contributed by atoms with E-state index in [-0.39, 0.29) is 5.41 Å². The van der Waals surface area contributed by atoms with Gasteiger partial charge in [0, 0.05) is 4.90 Å². The van der Waals surface area contributed by atoms with Crippen molar-refractivity contribution in [3.63, 3.8) is 0 Å².